The predicted molar refractivity (Wildman–Crippen MR) is 86.1 cm³/mol. The van der Waals surface area contributed by atoms with Gasteiger partial charge >= 0.3 is 0 Å². The fourth-order valence-electron chi connectivity index (χ4n) is 4.30. The van der Waals surface area contributed by atoms with Gasteiger partial charge in [0.15, 0.2) is 0 Å². The zero-order valence-electron chi connectivity index (χ0n) is 13.2. The second-order valence-corrected chi connectivity index (χ2v) is 6.92. The summed E-state index contributed by atoms with van der Waals surface area (Å²) >= 11 is 0. The van der Waals surface area contributed by atoms with Crippen LogP contribution in [0.1, 0.15) is 37.0 Å². The minimum absolute atomic E-state index is 0.209. The Kier molecular flexibility index (Phi) is 3.90. The largest absolute Gasteiger partial charge is 0.467 e. The minimum Gasteiger partial charge on any atom is -0.467 e. The van der Waals surface area contributed by atoms with E-state index < -0.39 is 0 Å². The van der Waals surface area contributed by atoms with Gasteiger partial charge in [0.05, 0.1) is 12.8 Å². The molecule has 2 fully saturated rings. The zero-order valence-corrected chi connectivity index (χ0v) is 13.2. The van der Waals surface area contributed by atoms with Crippen molar-refractivity contribution in [2.45, 2.75) is 38.8 Å². The number of nitrogens with zero attached hydrogens (tertiary/aromatic N) is 2. The molecular weight excluding hydrogens is 288 g/mol. The van der Waals surface area contributed by atoms with Gasteiger partial charge in [0.1, 0.15) is 5.76 Å². The molecule has 23 heavy (non-hydrogen) atoms. The Morgan fingerprint density at radius 3 is 2.83 bits per heavy atom. The molecule has 0 saturated heterocycles. The summed E-state index contributed by atoms with van der Waals surface area (Å²) in [7, 11) is 0. The number of amides is 1. The highest BCUT2D eigenvalue weighted by Gasteiger charge is 2.44. The Morgan fingerprint density at radius 1 is 1.22 bits per heavy atom. The molecule has 0 aliphatic heterocycles. The smallest absolute Gasteiger partial charge is 0.226 e. The van der Waals surface area contributed by atoms with Crippen LogP contribution in [-0.4, -0.2) is 15.8 Å². The van der Waals surface area contributed by atoms with Gasteiger partial charge in [-0.2, -0.15) is 0 Å². The molecule has 2 aromatic rings. The summed E-state index contributed by atoms with van der Waals surface area (Å²) in [5.41, 5.74) is 1.07. The summed E-state index contributed by atoms with van der Waals surface area (Å²) in [5, 5.41) is 0. The quantitative estimate of drug-likeness (QED) is 0.847. The first-order chi connectivity index (χ1) is 11.3. The number of fused-ring (bicyclic) bond motifs is 2. The monoisotopic (exact) mass is 310 g/mol. The highest BCUT2D eigenvalue weighted by Crippen LogP contribution is 2.49. The predicted octanol–water partition coefficient (Wildman–Crippen LogP) is 3.64. The van der Waals surface area contributed by atoms with Gasteiger partial charge in [-0.3, -0.25) is 9.78 Å². The molecule has 2 saturated carbocycles. The molecule has 0 spiro atoms. The van der Waals surface area contributed by atoms with E-state index in [1.54, 1.807) is 12.5 Å². The van der Waals surface area contributed by atoms with Crippen LogP contribution in [-0.2, 0) is 17.9 Å². The van der Waals surface area contributed by atoms with Crippen LogP contribution in [0.2, 0.25) is 0 Å². The summed E-state index contributed by atoms with van der Waals surface area (Å²) in [6, 6.07) is 7.75. The maximum atomic E-state index is 13.1. The second kappa shape index (κ2) is 6.19. The Balaban J connectivity index is 1.53. The molecule has 1 amide bonds. The molecule has 4 nitrogen and oxygen atoms in total. The lowest BCUT2D eigenvalue weighted by Gasteiger charge is -2.29. The number of carbonyl (C=O) groups excluding carboxylic acids is 1. The van der Waals surface area contributed by atoms with E-state index in [4.69, 9.17) is 4.42 Å². The maximum absolute atomic E-state index is 13.1. The van der Waals surface area contributed by atoms with E-state index in [1.165, 1.54) is 19.3 Å². The molecule has 0 aromatic carbocycles. The number of hydrogen-bond acceptors (Lipinski definition) is 3. The molecule has 0 unspecified atom stereocenters. The van der Waals surface area contributed by atoms with E-state index >= 15 is 0 Å². The summed E-state index contributed by atoms with van der Waals surface area (Å²) < 4.78 is 5.47. The van der Waals surface area contributed by atoms with E-state index in [0.717, 1.165) is 23.7 Å². The average Bonchev–Trinajstić information content (AvgIpc) is 3.32. The minimum atomic E-state index is 0.209. The topological polar surface area (TPSA) is 46.3 Å². The van der Waals surface area contributed by atoms with E-state index in [9.17, 15) is 4.79 Å². The first-order valence-electron chi connectivity index (χ1n) is 8.49. The first kappa shape index (κ1) is 14.5. The van der Waals surface area contributed by atoms with Gasteiger partial charge in [0, 0.05) is 24.9 Å². The number of hydrogen-bond donors (Lipinski definition) is 0. The summed E-state index contributed by atoms with van der Waals surface area (Å²) in [4.78, 5) is 19.2. The third kappa shape index (κ3) is 3.03. The van der Waals surface area contributed by atoms with Crippen molar-refractivity contribution < 1.29 is 9.21 Å². The second-order valence-electron chi connectivity index (χ2n) is 6.92. The van der Waals surface area contributed by atoms with Crippen molar-refractivity contribution in [3.05, 3.63) is 54.2 Å². The fraction of sp³-hybridized carbons (Fsp3) is 0.474. The zero-order chi connectivity index (χ0) is 15.6. The lowest BCUT2D eigenvalue weighted by Crippen LogP contribution is -2.37. The van der Waals surface area contributed by atoms with Gasteiger partial charge in [-0.15, -0.1) is 0 Å². The van der Waals surface area contributed by atoms with Crippen LogP contribution in [0, 0.1) is 17.8 Å². The van der Waals surface area contributed by atoms with Crippen LogP contribution in [0.4, 0.5) is 0 Å². The number of aromatic nitrogens is 1. The molecule has 0 N–H and O–H groups in total. The van der Waals surface area contributed by atoms with Crippen LogP contribution in [0.3, 0.4) is 0 Å². The van der Waals surface area contributed by atoms with Gasteiger partial charge < -0.3 is 9.32 Å². The molecule has 3 atom stereocenters. The van der Waals surface area contributed by atoms with Crippen molar-refractivity contribution >= 4 is 5.91 Å². The standard InChI is InChI=1S/C19H22N2O2/c22-19(18-10-14-5-6-16(18)9-14)21(13-17-4-2-8-23-17)12-15-3-1-7-20-11-15/h1-4,7-8,11,14,16,18H,5-6,9-10,12-13H2/t14-,16-,18-/m1/s1. The third-order valence-electron chi connectivity index (χ3n) is 5.39. The Morgan fingerprint density at radius 2 is 2.17 bits per heavy atom. The van der Waals surface area contributed by atoms with Gasteiger partial charge in [-0.05, 0) is 54.9 Å². The summed E-state index contributed by atoms with van der Waals surface area (Å²) in [6.45, 7) is 1.13. The molecule has 0 radical (unpaired) electrons. The Bertz CT molecular complexity index is 653. The van der Waals surface area contributed by atoms with Crippen molar-refractivity contribution in [3.8, 4) is 0 Å². The molecule has 4 rings (SSSR count). The van der Waals surface area contributed by atoms with Crippen molar-refractivity contribution in [2.24, 2.45) is 17.8 Å². The molecule has 2 aliphatic rings. The van der Waals surface area contributed by atoms with Crippen molar-refractivity contribution in [2.75, 3.05) is 0 Å². The molecule has 2 heterocycles. The molecule has 2 aliphatic carbocycles. The van der Waals surface area contributed by atoms with Crippen LogP contribution in [0.15, 0.2) is 47.3 Å². The van der Waals surface area contributed by atoms with E-state index in [1.807, 2.05) is 35.4 Å². The molecule has 4 heteroatoms. The van der Waals surface area contributed by atoms with Gasteiger partial charge in [-0.1, -0.05) is 12.5 Å². The van der Waals surface area contributed by atoms with Gasteiger partial charge in [-0.25, -0.2) is 0 Å². The van der Waals surface area contributed by atoms with E-state index in [-0.39, 0.29) is 11.8 Å². The van der Waals surface area contributed by atoms with Crippen LogP contribution in [0.25, 0.3) is 0 Å². The molecule has 120 valence electrons. The van der Waals surface area contributed by atoms with E-state index in [0.29, 0.717) is 19.0 Å². The maximum Gasteiger partial charge on any atom is 0.226 e. The highest BCUT2D eigenvalue weighted by atomic mass is 16.3. The number of carbonyl (C=O) groups is 1. The molecule has 2 bridgehead atoms. The third-order valence-corrected chi connectivity index (χ3v) is 5.39. The number of rotatable bonds is 5. The van der Waals surface area contributed by atoms with Gasteiger partial charge in [0.25, 0.3) is 0 Å². The molecule has 2 aromatic heterocycles. The normalized spacial score (nSPS) is 25.7. The number of pyridine rings is 1. The molecular formula is C19H22N2O2. The van der Waals surface area contributed by atoms with Gasteiger partial charge in [0.2, 0.25) is 5.91 Å². The van der Waals surface area contributed by atoms with Crippen molar-refractivity contribution in [1.29, 1.82) is 0 Å². The number of furan rings is 1. The van der Waals surface area contributed by atoms with Crippen molar-refractivity contribution in [1.82, 2.24) is 9.88 Å². The van der Waals surface area contributed by atoms with E-state index in [2.05, 4.69) is 4.98 Å². The van der Waals surface area contributed by atoms with Crippen LogP contribution < -0.4 is 0 Å². The SMILES string of the molecule is O=C([C@@H]1C[C@@H]2CC[C@@H]1C2)N(Cc1cccnc1)Cc1ccco1. The Labute approximate surface area is 136 Å². The van der Waals surface area contributed by atoms with Crippen LogP contribution in [0.5, 0.6) is 0 Å². The lowest BCUT2D eigenvalue weighted by molar-refractivity contribution is -0.138. The van der Waals surface area contributed by atoms with Crippen molar-refractivity contribution in [3.63, 3.8) is 0 Å². The van der Waals surface area contributed by atoms with Crippen LogP contribution >= 0.6 is 0 Å². The lowest BCUT2D eigenvalue weighted by atomic mass is 9.87. The summed E-state index contributed by atoms with van der Waals surface area (Å²) in [6.07, 6.45) is 10.1. The average molecular weight is 310 g/mol. The first-order valence-corrected chi connectivity index (χ1v) is 8.49. The Hall–Kier alpha value is -2.10. The summed E-state index contributed by atoms with van der Waals surface area (Å²) in [5.74, 6) is 2.71. The fourth-order valence-corrected chi connectivity index (χ4v) is 4.30. The highest BCUT2D eigenvalue weighted by molar-refractivity contribution is 5.79.